The van der Waals surface area contributed by atoms with Crippen molar-refractivity contribution in [2.24, 2.45) is 5.73 Å². The molecule has 1 spiro atoms. The van der Waals surface area contributed by atoms with Crippen LogP contribution >= 0.6 is 0 Å². The van der Waals surface area contributed by atoms with Crippen LogP contribution in [0.2, 0.25) is 0 Å². The number of rotatable bonds is 4. The molecule has 2 N–H and O–H groups in total. The van der Waals surface area contributed by atoms with E-state index in [1.54, 1.807) is 14.2 Å². The molecule has 1 saturated heterocycles. The molecule has 4 rings (SSSR count). The number of fused-ring (bicyclic) bond motifs is 2. The number of carbonyl (C=O) groups excluding carboxylic acids is 1. The van der Waals surface area contributed by atoms with Crippen molar-refractivity contribution in [1.82, 2.24) is 4.90 Å². The third-order valence-electron chi connectivity index (χ3n) is 6.16. The lowest BCUT2D eigenvalue weighted by molar-refractivity contribution is -0.142. The van der Waals surface area contributed by atoms with Crippen LogP contribution in [0.5, 0.6) is 11.5 Å². The summed E-state index contributed by atoms with van der Waals surface area (Å²) >= 11 is 0. The van der Waals surface area contributed by atoms with Gasteiger partial charge in [-0.3, -0.25) is 4.79 Å². The summed E-state index contributed by atoms with van der Waals surface area (Å²) in [5.74, 6) is 1.42. The molecule has 29 heavy (non-hydrogen) atoms. The topological polar surface area (TPSA) is 74.0 Å². The van der Waals surface area contributed by atoms with Crippen LogP contribution in [0.4, 0.5) is 0 Å². The summed E-state index contributed by atoms with van der Waals surface area (Å²) in [6.45, 7) is 1.90. The highest BCUT2D eigenvalue weighted by atomic mass is 16.5. The molecule has 1 fully saturated rings. The van der Waals surface area contributed by atoms with Crippen molar-refractivity contribution in [3.8, 4) is 11.5 Å². The molecule has 2 aromatic carbocycles. The molecule has 1 amide bonds. The van der Waals surface area contributed by atoms with Crippen molar-refractivity contribution in [2.45, 2.75) is 30.9 Å². The quantitative estimate of drug-likeness (QED) is 0.860. The van der Waals surface area contributed by atoms with Crippen molar-refractivity contribution in [2.75, 3.05) is 33.9 Å². The first kappa shape index (κ1) is 19.7. The SMILES string of the molecule is COc1cc2c(cc1OC)C1(CCN(C(=O)[C@H](N)c3ccccc3)CC1)OCC2. The second-order valence-corrected chi connectivity index (χ2v) is 7.67. The van der Waals surface area contributed by atoms with E-state index in [4.69, 9.17) is 19.9 Å². The Balaban J connectivity index is 1.53. The number of nitrogens with zero attached hydrogens (tertiary/aromatic N) is 1. The maximum atomic E-state index is 12.9. The summed E-state index contributed by atoms with van der Waals surface area (Å²) < 4.78 is 17.3. The van der Waals surface area contributed by atoms with E-state index in [1.165, 1.54) is 5.56 Å². The maximum absolute atomic E-state index is 12.9. The fraction of sp³-hybridized carbons (Fsp3) is 0.435. The third-order valence-corrected chi connectivity index (χ3v) is 6.16. The predicted octanol–water partition coefficient (Wildman–Crippen LogP) is 2.79. The van der Waals surface area contributed by atoms with Crippen LogP contribution in [0, 0.1) is 0 Å². The Labute approximate surface area is 171 Å². The van der Waals surface area contributed by atoms with Crippen molar-refractivity contribution in [3.05, 3.63) is 59.2 Å². The van der Waals surface area contributed by atoms with E-state index in [0.717, 1.165) is 36.1 Å². The number of piperidine rings is 1. The second-order valence-electron chi connectivity index (χ2n) is 7.67. The molecule has 2 aromatic rings. The van der Waals surface area contributed by atoms with Gasteiger partial charge in [-0.1, -0.05) is 30.3 Å². The number of benzene rings is 2. The number of nitrogens with two attached hydrogens (primary N) is 1. The zero-order valence-electron chi connectivity index (χ0n) is 17.0. The highest BCUT2D eigenvalue weighted by Gasteiger charge is 2.43. The summed E-state index contributed by atoms with van der Waals surface area (Å²) in [6, 6.07) is 13.0. The van der Waals surface area contributed by atoms with Crippen LogP contribution in [0.25, 0.3) is 0 Å². The Kier molecular flexibility index (Phi) is 5.48. The van der Waals surface area contributed by atoms with Gasteiger partial charge in [0.2, 0.25) is 5.91 Å². The molecule has 6 heteroatoms. The fourth-order valence-electron chi connectivity index (χ4n) is 4.49. The summed E-state index contributed by atoms with van der Waals surface area (Å²) in [6.07, 6.45) is 2.32. The summed E-state index contributed by atoms with van der Waals surface area (Å²) in [5, 5.41) is 0. The molecule has 0 radical (unpaired) electrons. The molecule has 0 aromatic heterocycles. The number of hydrogen-bond donors (Lipinski definition) is 1. The minimum Gasteiger partial charge on any atom is -0.493 e. The highest BCUT2D eigenvalue weighted by molar-refractivity contribution is 5.83. The average Bonchev–Trinajstić information content (AvgIpc) is 2.78. The normalized spacial score (nSPS) is 18.8. The van der Waals surface area contributed by atoms with Crippen LogP contribution < -0.4 is 15.2 Å². The van der Waals surface area contributed by atoms with Crippen LogP contribution in [0.3, 0.4) is 0 Å². The first-order chi connectivity index (χ1) is 14.1. The number of hydrogen-bond acceptors (Lipinski definition) is 5. The van der Waals surface area contributed by atoms with Crippen molar-refractivity contribution < 1.29 is 19.0 Å². The molecule has 2 aliphatic rings. The van der Waals surface area contributed by atoms with Gasteiger partial charge in [-0.15, -0.1) is 0 Å². The Bertz CT molecular complexity index is 876. The van der Waals surface area contributed by atoms with E-state index in [0.29, 0.717) is 25.4 Å². The van der Waals surface area contributed by atoms with Gasteiger partial charge in [0.05, 0.1) is 26.4 Å². The lowest BCUT2D eigenvalue weighted by atomic mass is 9.79. The van der Waals surface area contributed by atoms with E-state index in [1.807, 2.05) is 41.3 Å². The molecule has 0 aliphatic carbocycles. The molecular formula is C23H28N2O4. The number of amides is 1. The molecule has 1 atom stereocenters. The molecule has 0 saturated carbocycles. The van der Waals surface area contributed by atoms with Crippen molar-refractivity contribution in [1.29, 1.82) is 0 Å². The van der Waals surface area contributed by atoms with Crippen LogP contribution in [-0.2, 0) is 21.6 Å². The van der Waals surface area contributed by atoms with Gasteiger partial charge in [0, 0.05) is 13.1 Å². The van der Waals surface area contributed by atoms with Gasteiger partial charge in [-0.25, -0.2) is 0 Å². The summed E-state index contributed by atoms with van der Waals surface area (Å²) in [5.41, 5.74) is 9.07. The fourth-order valence-corrected chi connectivity index (χ4v) is 4.49. The first-order valence-electron chi connectivity index (χ1n) is 10.1. The molecular weight excluding hydrogens is 368 g/mol. The van der Waals surface area contributed by atoms with Gasteiger partial charge in [-0.2, -0.15) is 0 Å². The molecule has 154 valence electrons. The number of carbonyl (C=O) groups is 1. The van der Waals surface area contributed by atoms with Gasteiger partial charge in [0.25, 0.3) is 0 Å². The Hall–Kier alpha value is -2.57. The zero-order valence-corrected chi connectivity index (χ0v) is 17.0. The van der Waals surface area contributed by atoms with Gasteiger partial charge in [-0.05, 0) is 48.1 Å². The Morgan fingerprint density at radius 2 is 1.76 bits per heavy atom. The van der Waals surface area contributed by atoms with E-state index in [9.17, 15) is 4.79 Å². The number of methoxy groups -OCH3 is 2. The highest BCUT2D eigenvalue weighted by Crippen LogP contribution is 2.45. The second kappa shape index (κ2) is 8.05. The van der Waals surface area contributed by atoms with E-state index in [-0.39, 0.29) is 11.5 Å². The third kappa shape index (κ3) is 3.58. The van der Waals surface area contributed by atoms with Gasteiger partial charge < -0.3 is 24.8 Å². The Morgan fingerprint density at radius 1 is 1.10 bits per heavy atom. The molecule has 0 bridgehead atoms. The largest absolute Gasteiger partial charge is 0.493 e. The summed E-state index contributed by atoms with van der Waals surface area (Å²) in [7, 11) is 3.30. The maximum Gasteiger partial charge on any atom is 0.244 e. The van der Waals surface area contributed by atoms with E-state index >= 15 is 0 Å². The average molecular weight is 396 g/mol. The zero-order chi connectivity index (χ0) is 20.4. The smallest absolute Gasteiger partial charge is 0.244 e. The molecule has 0 unspecified atom stereocenters. The van der Waals surface area contributed by atoms with Crippen LogP contribution in [0.1, 0.15) is 35.6 Å². The van der Waals surface area contributed by atoms with E-state index < -0.39 is 6.04 Å². The van der Waals surface area contributed by atoms with Crippen LogP contribution in [-0.4, -0.2) is 44.7 Å². The minimum atomic E-state index is -0.630. The van der Waals surface area contributed by atoms with Crippen LogP contribution in [0.15, 0.2) is 42.5 Å². The molecule has 2 aliphatic heterocycles. The molecule has 6 nitrogen and oxygen atoms in total. The summed E-state index contributed by atoms with van der Waals surface area (Å²) in [4.78, 5) is 14.8. The van der Waals surface area contributed by atoms with Gasteiger partial charge >= 0.3 is 0 Å². The van der Waals surface area contributed by atoms with Gasteiger partial charge in [0.15, 0.2) is 11.5 Å². The van der Waals surface area contributed by atoms with E-state index in [2.05, 4.69) is 6.07 Å². The van der Waals surface area contributed by atoms with Crippen molar-refractivity contribution >= 4 is 5.91 Å². The number of likely N-dealkylation sites (tertiary alicyclic amines) is 1. The Morgan fingerprint density at radius 3 is 2.41 bits per heavy atom. The predicted molar refractivity (Wildman–Crippen MR) is 110 cm³/mol. The molecule has 2 heterocycles. The minimum absolute atomic E-state index is 0.0330. The van der Waals surface area contributed by atoms with Crippen molar-refractivity contribution in [3.63, 3.8) is 0 Å². The lowest BCUT2D eigenvalue weighted by Gasteiger charge is -2.45. The standard InChI is InChI=1S/C23H28N2O4/c1-27-19-14-17-8-13-29-23(18(17)15-20(19)28-2)9-11-25(12-10-23)22(26)21(24)16-6-4-3-5-7-16/h3-7,14-15,21H,8-13,24H2,1-2H3/t21-/m1/s1. The monoisotopic (exact) mass is 396 g/mol. The lowest BCUT2D eigenvalue weighted by Crippen LogP contribution is -2.50. The van der Waals surface area contributed by atoms with Gasteiger partial charge in [0.1, 0.15) is 6.04 Å². The first-order valence-corrected chi connectivity index (χ1v) is 10.1. The number of ether oxygens (including phenoxy) is 3.